The van der Waals surface area contributed by atoms with Gasteiger partial charge in [-0.25, -0.2) is 4.98 Å². The van der Waals surface area contributed by atoms with Crippen LogP contribution >= 0.6 is 0 Å². The standard InChI is InChI=1S/C63H41N5/c1-4-16-42(17-5-1)43-28-30-44(31-29-43)45-32-34-46(35-33-45)47-36-38-50(39-37-47)62-64-61(49-20-8-3-9-21-49)65-63(66-62)68-58-27-15-12-24-53(58)55-41-40-54-52-23-11-14-26-57(52)67(59(54)60(55)68)56-25-13-10-22-51(56)48-18-6-2-7-19-48/h1-41H. The maximum atomic E-state index is 5.40. The van der Waals surface area contributed by atoms with Crippen molar-refractivity contribution in [3.8, 4) is 78.9 Å². The number of benzene rings is 10. The van der Waals surface area contributed by atoms with Gasteiger partial charge < -0.3 is 4.57 Å². The predicted molar refractivity (Wildman–Crippen MR) is 281 cm³/mol. The van der Waals surface area contributed by atoms with Gasteiger partial charge in [0.05, 0.1) is 27.8 Å². The summed E-state index contributed by atoms with van der Waals surface area (Å²) in [5, 5.41) is 4.58. The quantitative estimate of drug-likeness (QED) is 0.153. The van der Waals surface area contributed by atoms with E-state index in [0.717, 1.165) is 77.3 Å². The fourth-order valence-corrected chi connectivity index (χ4v) is 9.95. The van der Waals surface area contributed by atoms with E-state index in [4.69, 9.17) is 15.0 Å². The van der Waals surface area contributed by atoms with Crippen molar-refractivity contribution >= 4 is 43.6 Å². The third-order valence-electron chi connectivity index (χ3n) is 13.2. The third kappa shape index (κ3) is 6.68. The summed E-state index contributed by atoms with van der Waals surface area (Å²) in [6.45, 7) is 0. The van der Waals surface area contributed by atoms with Crippen molar-refractivity contribution in [3.05, 3.63) is 249 Å². The molecule has 0 aliphatic rings. The minimum absolute atomic E-state index is 0.553. The van der Waals surface area contributed by atoms with Crippen LogP contribution in [-0.4, -0.2) is 24.1 Å². The number of hydrogen-bond acceptors (Lipinski definition) is 3. The number of hydrogen-bond donors (Lipinski definition) is 0. The number of fused-ring (bicyclic) bond motifs is 7. The zero-order valence-corrected chi connectivity index (χ0v) is 36.9. The van der Waals surface area contributed by atoms with Crippen LogP contribution in [0.2, 0.25) is 0 Å². The first-order valence-electron chi connectivity index (χ1n) is 23.0. The molecule has 0 unspecified atom stereocenters. The Morgan fingerprint density at radius 3 is 1.10 bits per heavy atom. The van der Waals surface area contributed by atoms with Crippen LogP contribution in [0.4, 0.5) is 0 Å². The maximum Gasteiger partial charge on any atom is 0.238 e. The molecule has 10 aromatic carbocycles. The fourth-order valence-electron chi connectivity index (χ4n) is 9.95. The highest BCUT2D eigenvalue weighted by Crippen LogP contribution is 2.43. The molecule has 13 aromatic rings. The third-order valence-corrected chi connectivity index (χ3v) is 13.2. The second-order valence-electron chi connectivity index (χ2n) is 17.2. The van der Waals surface area contributed by atoms with Gasteiger partial charge in [0.1, 0.15) is 0 Å². The van der Waals surface area contributed by atoms with Gasteiger partial charge in [0.15, 0.2) is 11.6 Å². The normalized spacial score (nSPS) is 11.5. The molecule has 0 radical (unpaired) electrons. The topological polar surface area (TPSA) is 48.5 Å². The minimum atomic E-state index is 0.553. The zero-order valence-electron chi connectivity index (χ0n) is 36.9. The monoisotopic (exact) mass is 867 g/mol. The van der Waals surface area contributed by atoms with Crippen molar-refractivity contribution in [3.63, 3.8) is 0 Å². The second-order valence-corrected chi connectivity index (χ2v) is 17.2. The first kappa shape index (κ1) is 39.2. The molecule has 0 spiro atoms. The number of rotatable bonds is 8. The molecular formula is C63H41N5. The Hall–Kier alpha value is -9.19. The van der Waals surface area contributed by atoms with Crippen LogP contribution in [-0.2, 0) is 0 Å². The summed E-state index contributed by atoms with van der Waals surface area (Å²) >= 11 is 0. The van der Waals surface area contributed by atoms with Crippen LogP contribution in [0.25, 0.3) is 123 Å². The highest BCUT2D eigenvalue weighted by atomic mass is 15.2. The van der Waals surface area contributed by atoms with Crippen molar-refractivity contribution in [2.24, 2.45) is 0 Å². The largest absolute Gasteiger partial charge is 0.307 e. The summed E-state index contributed by atoms with van der Waals surface area (Å²) in [4.78, 5) is 15.9. The number of nitrogens with zero attached hydrogens (tertiary/aromatic N) is 5. The molecule has 0 saturated carbocycles. The maximum absolute atomic E-state index is 5.40. The Morgan fingerprint density at radius 1 is 0.235 bits per heavy atom. The van der Waals surface area contributed by atoms with Gasteiger partial charge in [-0.2, -0.15) is 9.97 Å². The summed E-state index contributed by atoms with van der Waals surface area (Å²) in [5.74, 6) is 1.76. The van der Waals surface area contributed by atoms with Gasteiger partial charge >= 0.3 is 0 Å². The smallest absolute Gasteiger partial charge is 0.238 e. The lowest BCUT2D eigenvalue weighted by atomic mass is 9.98. The molecule has 13 rings (SSSR count). The Bertz CT molecular complexity index is 3970. The van der Waals surface area contributed by atoms with Crippen molar-refractivity contribution in [2.75, 3.05) is 0 Å². The lowest BCUT2D eigenvalue weighted by Gasteiger charge is -2.16. The molecule has 318 valence electrons. The van der Waals surface area contributed by atoms with Crippen molar-refractivity contribution in [1.82, 2.24) is 24.1 Å². The van der Waals surface area contributed by atoms with Crippen molar-refractivity contribution < 1.29 is 0 Å². The van der Waals surface area contributed by atoms with Gasteiger partial charge in [0.25, 0.3) is 0 Å². The molecule has 5 nitrogen and oxygen atoms in total. The van der Waals surface area contributed by atoms with E-state index >= 15 is 0 Å². The van der Waals surface area contributed by atoms with E-state index in [1.807, 2.05) is 18.2 Å². The zero-order chi connectivity index (χ0) is 45.0. The Kier molecular flexibility index (Phi) is 9.43. The van der Waals surface area contributed by atoms with Crippen LogP contribution in [0.1, 0.15) is 0 Å². The average Bonchev–Trinajstić information content (AvgIpc) is 3.95. The van der Waals surface area contributed by atoms with E-state index in [1.54, 1.807) is 0 Å². The predicted octanol–water partition coefficient (Wildman–Crippen LogP) is 16.1. The molecule has 0 N–H and O–H groups in total. The molecule has 0 aliphatic carbocycles. The molecule has 0 fully saturated rings. The summed E-state index contributed by atoms with van der Waals surface area (Å²) in [5.41, 5.74) is 16.6. The van der Waals surface area contributed by atoms with Gasteiger partial charge in [-0.15, -0.1) is 0 Å². The molecular weight excluding hydrogens is 827 g/mol. The summed E-state index contributed by atoms with van der Waals surface area (Å²) in [6, 6.07) is 88.1. The summed E-state index contributed by atoms with van der Waals surface area (Å²) < 4.78 is 4.70. The molecule has 0 aliphatic heterocycles. The molecule has 3 aromatic heterocycles. The first-order valence-corrected chi connectivity index (χ1v) is 23.0. The summed E-state index contributed by atoms with van der Waals surface area (Å²) in [7, 11) is 0. The van der Waals surface area contributed by atoms with Crippen LogP contribution in [0, 0.1) is 0 Å². The van der Waals surface area contributed by atoms with Crippen LogP contribution in [0.15, 0.2) is 249 Å². The average molecular weight is 868 g/mol. The van der Waals surface area contributed by atoms with Crippen molar-refractivity contribution in [2.45, 2.75) is 0 Å². The van der Waals surface area contributed by atoms with Crippen molar-refractivity contribution in [1.29, 1.82) is 0 Å². The lowest BCUT2D eigenvalue weighted by Crippen LogP contribution is -2.07. The van der Waals surface area contributed by atoms with Gasteiger partial charge in [-0.05, 0) is 57.1 Å². The molecule has 0 atom stereocenters. The lowest BCUT2D eigenvalue weighted by molar-refractivity contribution is 0.953. The molecule has 0 amide bonds. The Morgan fingerprint density at radius 2 is 0.588 bits per heavy atom. The Labute approximate surface area is 393 Å². The molecule has 5 heteroatoms. The summed E-state index contributed by atoms with van der Waals surface area (Å²) in [6.07, 6.45) is 0. The van der Waals surface area contributed by atoms with Gasteiger partial charge in [-0.3, -0.25) is 4.57 Å². The van der Waals surface area contributed by atoms with Gasteiger partial charge in [0.2, 0.25) is 5.95 Å². The second kappa shape index (κ2) is 16.4. The van der Waals surface area contributed by atoms with E-state index in [-0.39, 0.29) is 0 Å². The SMILES string of the molecule is c1ccc(-c2ccc(-c3ccc(-c4ccc(-c5nc(-c6ccccc6)nc(-n6c7ccccc7c7ccc8c9ccccc9n(-c9ccccc9-c9ccccc9)c8c76)n5)cc4)cc3)cc2)cc1. The molecule has 68 heavy (non-hydrogen) atoms. The van der Waals surface area contributed by atoms with Crippen LogP contribution in [0.3, 0.4) is 0 Å². The fraction of sp³-hybridized carbons (Fsp3) is 0. The van der Waals surface area contributed by atoms with Gasteiger partial charge in [-0.1, -0.05) is 231 Å². The van der Waals surface area contributed by atoms with E-state index in [0.29, 0.717) is 17.6 Å². The van der Waals surface area contributed by atoms with E-state index in [1.165, 1.54) is 27.6 Å². The first-order chi connectivity index (χ1) is 33.7. The van der Waals surface area contributed by atoms with E-state index in [2.05, 4.69) is 240 Å². The molecule has 0 bridgehead atoms. The number of aromatic nitrogens is 5. The molecule has 3 heterocycles. The van der Waals surface area contributed by atoms with Crippen LogP contribution < -0.4 is 0 Å². The minimum Gasteiger partial charge on any atom is -0.307 e. The number of para-hydroxylation sites is 3. The highest BCUT2D eigenvalue weighted by molar-refractivity contribution is 6.24. The van der Waals surface area contributed by atoms with Gasteiger partial charge in [0, 0.05) is 38.2 Å². The Balaban J connectivity index is 0.967. The van der Waals surface area contributed by atoms with E-state index < -0.39 is 0 Å². The highest BCUT2D eigenvalue weighted by Gasteiger charge is 2.24. The van der Waals surface area contributed by atoms with Crippen LogP contribution in [0.5, 0.6) is 0 Å². The molecule has 0 saturated heterocycles. The van der Waals surface area contributed by atoms with E-state index in [9.17, 15) is 0 Å².